The second-order valence-electron chi connectivity index (χ2n) is 4.85. The fourth-order valence-electron chi connectivity index (χ4n) is 2.15. The number of carboxylic acids is 1. The summed E-state index contributed by atoms with van der Waals surface area (Å²) in [5.41, 5.74) is 0.768. The fraction of sp³-hybridized carbons (Fsp3) is 0.250. The van der Waals surface area contributed by atoms with Gasteiger partial charge in [-0.3, -0.25) is 4.79 Å². The molecule has 0 aliphatic rings. The Morgan fingerprint density at radius 1 is 1.33 bits per heavy atom. The summed E-state index contributed by atoms with van der Waals surface area (Å²) in [6.07, 6.45) is 0. The van der Waals surface area contributed by atoms with E-state index in [2.05, 4.69) is 5.32 Å². The predicted molar refractivity (Wildman–Crippen MR) is 85.8 cm³/mol. The molecule has 0 spiro atoms. The largest absolute Gasteiger partial charge is 0.494 e. The number of hydrogen-bond acceptors (Lipinski definition) is 5. The van der Waals surface area contributed by atoms with Gasteiger partial charge in [0, 0.05) is 12.7 Å². The SMILES string of the molecule is COCc1ccsc1C(=O)NC(C(=O)O)c1ccc(OC)c(F)c1. The molecule has 6 nitrogen and oxygen atoms in total. The zero-order valence-electron chi connectivity index (χ0n) is 13.0. The Bertz CT molecular complexity index is 746. The molecule has 1 aromatic carbocycles. The Morgan fingerprint density at radius 3 is 2.67 bits per heavy atom. The van der Waals surface area contributed by atoms with Crippen molar-refractivity contribution in [1.82, 2.24) is 5.32 Å². The van der Waals surface area contributed by atoms with Crippen LogP contribution >= 0.6 is 11.3 Å². The van der Waals surface area contributed by atoms with Crippen molar-refractivity contribution in [2.24, 2.45) is 0 Å². The van der Waals surface area contributed by atoms with Crippen molar-refractivity contribution in [3.63, 3.8) is 0 Å². The van der Waals surface area contributed by atoms with Crippen molar-refractivity contribution < 1.29 is 28.6 Å². The normalized spacial score (nSPS) is 11.8. The number of carboxylic acid groups (broad SMARTS) is 1. The van der Waals surface area contributed by atoms with Gasteiger partial charge < -0.3 is 19.9 Å². The van der Waals surface area contributed by atoms with Gasteiger partial charge in [0.05, 0.1) is 18.6 Å². The second-order valence-corrected chi connectivity index (χ2v) is 5.76. The predicted octanol–water partition coefficient (Wildman–Crippen LogP) is 2.60. The first kappa shape index (κ1) is 17.9. The van der Waals surface area contributed by atoms with Crippen LogP contribution in [0.25, 0.3) is 0 Å². The highest BCUT2D eigenvalue weighted by atomic mass is 32.1. The number of hydrogen-bond donors (Lipinski definition) is 2. The molecule has 2 aromatic rings. The van der Waals surface area contributed by atoms with Gasteiger partial charge in [0.2, 0.25) is 0 Å². The maximum absolute atomic E-state index is 13.8. The van der Waals surface area contributed by atoms with Crippen LogP contribution < -0.4 is 10.1 Å². The average Bonchev–Trinajstić information content (AvgIpc) is 3.00. The summed E-state index contributed by atoms with van der Waals surface area (Å²) >= 11 is 1.18. The summed E-state index contributed by atoms with van der Waals surface area (Å²) in [6, 6.07) is 4.09. The van der Waals surface area contributed by atoms with Crippen LogP contribution in [-0.2, 0) is 16.1 Å². The third-order valence-corrected chi connectivity index (χ3v) is 4.24. The Hall–Kier alpha value is -2.45. The average molecular weight is 353 g/mol. The van der Waals surface area contributed by atoms with Gasteiger partial charge >= 0.3 is 5.97 Å². The number of carbonyl (C=O) groups excluding carboxylic acids is 1. The fourth-order valence-corrected chi connectivity index (χ4v) is 2.96. The van der Waals surface area contributed by atoms with E-state index in [4.69, 9.17) is 9.47 Å². The van der Waals surface area contributed by atoms with Crippen molar-refractivity contribution >= 4 is 23.2 Å². The Balaban J connectivity index is 2.25. The summed E-state index contributed by atoms with van der Waals surface area (Å²) in [6.45, 7) is 0.237. The molecule has 0 aliphatic heterocycles. The van der Waals surface area contributed by atoms with Gasteiger partial charge in [0.1, 0.15) is 0 Å². The van der Waals surface area contributed by atoms with Crippen molar-refractivity contribution in [2.45, 2.75) is 12.6 Å². The molecule has 1 amide bonds. The maximum Gasteiger partial charge on any atom is 0.330 e. The van der Waals surface area contributed by atoms with Gasteiger partial charge in [-0.15, -0.1) is 11.3 Å². The molecule has 0 saturated carbocycles. The van der Waals surface area contributed by atoms with Crippen LogP contribution in [0.1, 0.15) is 26.8 Å². The summed E-state index contributed by atoms with van der Waals surface area (Å²) in [5, 5.41) is 13.5. The number of amides is 1. The first-order valence-corrected chi connectivity index (χ1v) is 7.78. The first-order valence-electron chi connectivity index (χ1n) is 6.90. The second kappa shape index (κ2) is 7.89. The van der Waals surface area contributed by atoms with Gasteiger partial charge in [-0.1, -0.05) is 6.07 Å². The van der Waals surface area contributed by atoms with Gasteiger partial charge in [-0.25, -0.2) is 9.18 Å². The van der Waals surface area contributed by atoms with Crippen LogP contribution in [0, 0.1) is 5.82 Å². The van der Waals surface area contributed by atoms with Crippen LogP contribution in [0.15, 0.2) is 29.6 Å². The number of rotatable bonds is 7. The number of methoxy groups -OCH3 is 2. The topological polar surface area (TPSA) is 84.9 Å². The molecule has 1 aromatic heterocycles. The maximum atomic E-state index is 13.8. The molecule has 0 bridgehead atoms. The number of ether oxygens (including phenoxy) is 2. The molecule has 0 fully saturated rings. The van der Waals surface area contributed by atoms with E-state index in [1.165, 1.54) is 37.7 Å². The molecular formula is C16H16FNO5S. The van der Waals surface area contributed by atoms with Crippen LogP contribution in [0.3, 0.4) is 0 Å². The van der Waals surface area contributed by atoms with E-state index >= 15 is 0 Å². The quantitative estimate of drug-likeness (QED) is 0.799. The number of benzene rings is 1. The number of halogens is 1. The Kier molecular flexibility index (Phi) is 5.88. The summed E-state index contributed by atoms with van der Waals surface area (Å²) in [7, 11) is 2.81. The number of aliphatic carboxylic acids is 1. The van der Waals surface area contributed by atoms with Crippen molar-refractivity contribution in [3.8, 4) is 5.75 Å². The lowest BCUT2D eigenvalue weighted by molar-refractivity contribution is -0.139. The van der Waals surface area contributed by atoms with Crippen LogP contribution in [0.4, 0.5) is 4.39 Å². The third kappa shape index (κ3) is 3.90. The molecule has 128 valence electrons. The molecule has 24 heavy (non-hydrogen) atoms. The third-order valence-electron chi connectivity index (χ3n) is 3.28. The molecule has 0 aliphatic carbocycles. The zero-order valence-corrected chi connectivity index (χ0v) is 13.9. The molecule has 8 heteroatoms. The van der Waals surface area contributed by atoms with Crippen LogP contribution in [-0.4, -0.2) is 31.2 Å². The van der Waals surface area contributed by atoms with Crippen molar-refractivity contribution in [2.75, 3.05) is 14.2 Å². The molecule has 1 unspecified atom stereocenters. The minimum atomic E-state index is -1.38. The highest BCUT2D eigenvalue weighted by Gasteiger charge is 2.25. The monoisotopic (exact) mass is 353 g/mol. The van der Waals surface area contributed by atoms with Crippen LogP contribution in [0.2, 0.25) is 0 Å². The smallest absolute Gasteiger partial charge is 0.330 e. The van der Waals surface area contributed by atoms with Gasteiger partial charge in [-0.05, 0) is 29.1 Å². The lowest BCUT2D eigenvalue weighted by Crippen LogP contribution is -2.33. The van der Waals surface area contributed by atoms with E-state index in [0.29, 0.717) is 10.4 Å². The van der Waals surface area contributed by atoms with Crippen molar-refractivity contribution in [3.05, 3.63) is 51.5 Å². The van der Waals surface area contributed by atoms with Crippen molar-refractivity contribution in [1.29, 1.82) is 0 Å². The molecule has 1 atom stereocenters. The standard InChI is InChI=1S/C16H16FNO5S/c1-22-8-10-5-6-24-14(10)15(19)18-13(16(20)21)9-3-4-12(23-2)11(17)7-9/h3-7,13H,8H2,1-2H3,(H,18,19)(H,20,21). The number of carbonyl (C=O) groups is 2. The highest BCUT2D eigenvalue weighted by Crippen LogP contribution is 2.24. The van der Waals surface area contributed by atoms with E-state index in [1.54, 1.807) is 11.4 Å². The van der Waals surface area contributed by atoms with E-state index in [9.17, 15) is 19.1 Å². The van der Waals surface area contributed by atoms with E-state index < -0.39 is 23.7 Å². The van der Waals surface area contributed by atoms with E-state index in [0.717, 1.165) is 6.07 Å². The molecular weight excluding hydrogens is 337 g/mol. The number of nitrogens with one attached hydrogen (secondary N) is 1. The molecule has 0 saturated heterocycles. The summed E-state index contributed by atoms with van der Waals surface area (Å²) in [5.74, 6) is -2.56. The first-order chi connectivity index (χ1) is 11.5. The summed E-state index contributed by atoms with van der Waals surface area (Å²) < 4.78 is 23.6. The highest BCUT2D eigenvalue weighted by molar-refractivity contribution is 7.12. The Morgan fingerprint density at radius 2 is 2.08 bits per heavy atom. The molecule has 2 N–H and O–H groups in total. The van der Waals surface area contributed by atoms with Gasteiger partial charge in [0.15, 0.2) is 17.6 Å². The van der Waals surface area contributed by atoms with E-state index in [1.807, 2.05) is 0 Å². The number of thiophene rings is 1. The molecule has 1 heterocycles. The van der Waals surface area contributed by atoms with Gasteiger partial charge in [-0.2, -0.15) is 0 Å². The van der Waals surface area contributed by atoms with Gasteiger partial charge in [0.25, 0.3) is 5.91 Å². The lowest BCUT2D eigenvalue weighted by Gasteiger charge is -2.16. The lowest BCUT2D eigenvalue weighted by atomic mass is 10.1. The minimum Gasteiger partial charge on any atom is -0.494 e. The zero-order chi connectivity index (χ0) is 17.7. The minimum absolute atomic E-state index is 0.00477. The molecule has 0 radical (unpaired) electrons. The molecule has 2 rings (SSSR count). The van der Waals surface area contributed by atoms with E-state index in [-0.39, 0.29) is 17.9 Å². The van der Waals surface area contributed by atoms with Crippen LogP contribution in [0.5, 0.6) is 5.75 Å². The summed E-state index contributed by atoms with van der Waals surface area (Å²) in [4.78, 5) is 24.2. The Labute approximate surface area is 141 Å².